The number of carbonyl (C=O) groups is 2. The predicted molar refractivity (Wildman–Crippen MR) is 61.5 cm³/mol. The highest BCUT2D eigenvalue weighted by molar-refractivity contribution is 5.80. The van der Waals surface area contributed by atoms with Crippen molar-refractivity contribution < 1.29 is 14.7 Å². The summed E-state index contributed by atoms with van der Waals surface area (Å²) in [5.74, 6) is 1.75. The molecule has 0 aliphatic carbocycles. The number of rotatable bonds is 6. The standard InChI is InChI=1S/C10H13N5O3/c1-2-5-15(6-9(16)17)10(18)11-4-3-8-12-7-13-14-8/h1,7H,3-6H2,(H,11,18)(H,16,17)(H,12,13,14). The summed E-state index contributed by atoms with van der Waals surface area (Å²) in [5, 5.41) is 17.5. The second kappa shape index (κ2) is 6.90. The number of amides is 2. The minimum absolute atomic E-state index is 0.0551. The van der Waals surface area contributed by atoms with Gasteiger partial charge in [0.25, 0.3) is 0 Å². The van der Waals surface area contributed by atoms with Crippen LogP contribution in [0.3, 0.4) is 0 Å². The lowest BCUT2D eigenvalue weighted by Gasteiger charge is -2.18. The van der Waals surface area contributed by atoms with Crippen LogP contribution >= 0.6 is 0 Å². The maximum Gasteiger partial charge on any atom is 0.323 e. The maximum atomic E-state index is 11.6. The Hall–Kier alpha value is -2.56. The summed E-state index contributed by atoms with van der Waals surface area (Å²) < 4.78 is 0. The Morgan fingerprint density at radius 1 is 1.61 bits per heavy atom. The highest BCUT2D eigenvalue weighted by atomic mass is 16.4. The molecule has 1 aromatic heterocycles. The molecule has 0 spiro atoms. The Balaban J connectivity index is 2.36. The second-order valence-corrected chi connectivity index (χ2v) is 3.37. The lowest BCUT2D eigenvalue weighted by atomic mass is 10.4. The van der Waals surface area contributed by atoms with Crippen LogP contribution in [0.2, 0.25) is 0 Å². The molecule has 0 bridgehead atoms. The number of hydrogen-bond donors (Lipinski definition) is 3. The fourth-order valence-electron chi connectivity index (χ4n) is 1.22. The quantitative estimate of drug-likeness (QED) is 0.566. The molecule has 0 saturated carbocycles. The van der Waals surface area contributed by atoms with Crippen molar-refractivity contribution in [1.29, 1.82) is 0 Å². The van der Waals surface area contributed by atoms with Gasteiger partial charge in [0.1, 0.15) is 18.7 Å². The third kappa shape index (κ3) is 4.52. The maximum absolute atomic E-state index is 11.6. The van der Waals surface area contributed by atoms with Crippen molar-refractivity contribution in [2.24, 2.45) is 0 Å². The highest BCUT2D eigenvalue weighted by Gasteiger charge is 2.14. The van der Waals surface area contributed by atoms with Gasteiger partial charge in [0.15, 0.2) is 0 Å². The molecule has 0 aliphatic heterocycles. The van der Waals surface area contributed by atoms with Crippen LogP contribution in [0, 0.1) is 12.3 Å². The predicted octanol–water partition coefficient (Wildman–Crippen LogP) is -0.923. The van der Waals surface area contributed by atoms with Gasteiger partial charge in [-0.1, -0.05) is 5.92 Å². The summed E-state index contributed by atoms with van der Waals surface area (Å²) in [7, 11) is 0. The summed E-state index contributed by atoms with van der Waals surface area (Å²) in [4.78, 5) is 27.1. The van der Waals surface area contributed by atoms with Crippen molar-refractivity contribution in [2.75, 3.05) is 19.6 Å². The summed E-state index contributed by atoms with van der Waals surface area (Å²) in [6.07, 6.45) is 6.90. The van der Waals surface area contributed by atoms with Crippen LogP contribution in [-0.4, -0.2) is 56.8 Å². The van der Waals surface area contributed by atoms with Crippen LogP contribution in [-0.2, 0) is 11.2 Å². The summed E-state index contributed by atoms with van der Waals surface area (Å²) in [6.45, 7) is -0.173. The van der Waals surface area contributed by atoms with E-state index in [-0.39, 0.29) is 6.54 Å². The number of terminal acetylenes is 1. The molecule has 0 aliphatic rings. The average molecular weight is 251 g/mol. The molecule has 18 heavy (non-hydrogen) atoms. The second-order valence-electron chi connectivity index (χ2n) is 3.37. The van der Waals surface area contributed by atoms with Crippen LogP contribution in [0.4, 0.5) is 4.79 Å². The van der Waals surface area contributed by atoms with Gasteiger partial charge in [-0.3, -0.25) is 9.89 Å². The lowest BCUT2D eigenvalue weighted by molar-refractivity contribution is -0.137. The van der Waals surface area contributed by atoms with Crippen LogP contribution in [0.15, 0.2) is 6.33 Å². The Morgan fingerprint density at radius 3 is 2.94 bits per heavy atom. The number of carbonyl (C=O) groups excluding carboxylic acids is 1. The molecular weight excluding hydrogens is 238 g/mol. The molecule has 3 N–H and O–H groups in total. The smallest absolute Gasteiger partial charge is 0.323 e. The van der Waals surface area contributed by atoms with Gasteiger partial charge >= 0.3 is 12.0 Å². The molecule has 0 saturated heterocycles. The first-order valence-corrected chi connectivity index (χ1v) is 5.15. The molecular formula is C10H13N5O3. The first-order chi connectivity index (χ1) is 8.63. The van der Waals surface area contributed by atoms with Gasteiger partial charge in [-0.05, 0) is 0 Å². The van der Waals surface area contributed by atoms with E-state index in [1.165, 1.54) is 6.33 Å². The first-order valence-electron chi connectivity index (χ1n) is 5.15. The van der Waals surface area contributed by atoms with Crippen LogP contribution in [0.5, 0.6) is 0 Å². The van der Waals surface area contributed by atoms with E-state index >= 15 is 0 Å². The van der Waals surface area contributed by atoms with E-state index in [0.717, 1.165) is 4.90 Å². The van der Waals surface area contributed by atoms with E-state index in [1.54, 1.807) is 0 Å². The fraction of sp³-hybridized carbons (Fsp3) is 0.400. The van der Waals surface area contributed by atoms with Gasteiger partial charge in [0.05, 0.1) is 6.54 Å². The molecule has 0 radical (unpaired) electrons. The van der Waals surface area contributed by atoms with Gasteiger partial charge in [-0.25, -0.2) is 9.78 Å². The number of carboxylic acids is 1. The van der Waals surface area contributed by atoms with Gasteiger partial charge < -0.3 is 15.3 Å². The van der Waals surface area contributed by atoms with Gasteiger partial charge in [-0.2, -0.15) is 5.10 Å². The zero-order valence-electron chi connectivity index (χ0n) is 9.59. The average Bonchev–Trinajstić information content (AvgIpc) is 2.81. The van der Waals surface area contributed by atoms with Crippen LogP contribution in [0.25, 0.3) is 0 Å². The molecule has 96 valence electrons. The third-order valence-electron chi connectivity index (χ3n) is 2.00. The topological polar surface area (TPSA) is 111 Å². The Labute approximate surface area is 103 Å². The van der Waals surface area contributed by atoms with E-state index < -0.39 is 18.5 Å². The number of H-pyrrole nitrogens is 1. The highest BCUT2D eigenvalue weighted by Crippen LogP contribution is 1.91. The number of aromatic amines is 1. The van der Waals surface area contributed by atoms with E-state index in [1.807, 2.05) is 0 Å². The number of nitrogens with one attached hydrogen (secondary N) is 2. The number of urea groups is 1. The molecule has 2 amide bonds. The minimum Gasteiger partial charge on any atom is -0.480 e. The Morgan fingerprint density at radius 2 is 2.39 bits per heavy atom. The summed E-state index contributed by atoms with van der Waals surface area (Å²) >= 11 is 0. The largest absolute Gasteiger partial charge is 0.480 e. The lowest BCUT2D eigenvalue weighted by Crippen LogP contribution is -2.43. The van der Waals surface area contributed by atoms with Crippen molar-refractivity contribution in [1.82, 2.24) is 25.4 Å². The van der Waals surface area contributed by atoms with E-state index in [0.29, 0.717) is 18.8 Å². The number of aliphatic carboxylic acids is 1. The molecule has 0 aromatic carbocycles. The number of hydrogen-bond acceptors (Lipinski definition) is 4. The Bertz CT molecular complexity index is 437. The summed E-state index contributed by atoms with van der Waals surface area (Å²) in [5.41, 5.74) is 0. The molecule has 0 unspecified atom stereocenters. The van der Waals surface area contributed by atoms with Crippen molar-refractivity contribution in [2.45, 2.75) is 6.42 Å². The molecule has 1 heterocycles. The minimum atomic E-state index is -1.12. The van der Waals surface area contributed by atoms with E-state index in [4.69, 9.17) is 11.5 Å². The van der Waals surface area contributed by atoms with Crippen LogP contribution in [0.1, 0.15) is 5.82 Å². The molecule has 0 fully saturated rings. The summed E-state index contributed by atoms with van der Waals surface area (Å²) in [6, 6.07) is -0.519. The van der Waals surface area contributed by atoms with Gasteiger partial charge in [-0.15, -0.1) is 6.42 Å². The zero-order chi connectivity index (χ0) is 13.4. The molecule has 1 rings (SSSR count). The third-order valence-corrected chi connectivity index (χ3v) is 2.00. The van der Waals surface area contributed by atoms with Crippen molar-refractivity contribution in [3.63, 3.8) is 0 Å². The SMILES string of the molecule is C#CCN(CC(=O)O)C(=O)NCCc1ncn[nH]1. The van der Waals surface area contributed by atoms with E-state index in [2.05, 4.69) is 26.4 Å². The number of carboxylic acid groups (broad SMARTS) is 1. The monoisotopic (exact) mass is 251 g/mol. The van der Waals surface area contributed by atoms with Crippen LogP contribution < -0.4 is 5.32 Å². The Kier molecular flexibility index (Phi) is 5.18. The molecule has 8 nitrogen and oxygen atoms in total. The van der Waals surface area contributed by atoms with Gasteiger partial charge in [0.2, 0.25) is 0 Å². The van der Waals surface area contributed by atoms with Crippen molar-refractivity contribution in [3.8, 4) is 12.3 Å². The van der Waals surface area contributed by atoms with Crippen molar-refractivity contribution >= 4 is 12.0 Å². The number of aromatic nitrogens is 3. The fourth-order valence-corrected chi connectivity index (χ4v) is 1.22. The molecule has 1 aromatic rings. The number of nitrogens with zero attached hydrogens (tertiary/aromatic N) is 3. The molecule has 0 atom stereocenters. The first kappa shape index (κ1) is 13.5. The zero-order valence-corrected chi connectivity index (χ0v) is 9.59. The molecule has 8 heteroatoms. The van der Waals surface area contributed by atoms with Crippen molar-refractivity contribution in [3.05, 3.63) is 12.2 Å². The van der Waals surface area contributed by atoms with E-state index in [9.17, 15) is 9.59 Å². The van der Waals surface area contributed by atoms with Gasteiger partial charge in [0, 0.05) is 13.0 Å². The normalized spacial score (nSPS) is 9.50.